The maximum Gasteiger partial charge on any atom is 0.490 e. The Morgan fingerprint density at radius 3 is 2.80 bits per heavy atom. The summed E-state index contributed by atoms with van der Waals surface area (Å²) in [7, 11) is 0. The number of carboxylic acids is 1. The van der Waals surface area contributed by atoms with Gasteiger partial charge in [-0.05, 0) is 48.9 Å². The molecule has 3 aromatic heterocycles. The second-order valence-electron chi connectivity index (χ2n) is 6.54. The third-order valence-electron chi connectivity index (χ3n) is 4.43. The zero-order valence-electron chi connectivity index (χ0n) is 16.0. The number of aryl methyl sites for hydroxylation is 3. The first kappa shape index (κ1) is 21.9. The van der Waals surface area contributed by atoms with Gasteiger partial charge in [-0.3, -0.25) is 4.98 Å². The fourth-order valence-corrected chi connectivity index (χ4v) is 3.72. The van der Waals surface area contributed by atoms with Crippen molar-refractivity contribution in [3.05, 3.63) is 51.3 Å². The van der Waals surface area contributed by atoms with Crippen molar-refractivity contribution >= 4 is 17.3 Å². The SMILES string of the molecule is Cc1ncc2c(c1-c1noc(CCc3cccs3)n1)CCNC2.O=C(O)C(F)(F)F. The minimum atomic E-state index is -5.08. The highest BCUT2D eigenvalue weighted by molar-refractivity contribution is 7.09. The molecule has 4 rings (SSSR count). The zero-order valence-corrected chi connectivity index (χ0v) is 16.8. The van der Waals surface area contributed by atoms with Crippen LogP contribution in [0.5, 0.6) is 0 Å². The number of nitrogens with one attached hydrogen (secondary N) is 1. The van der Waals surface area contributed by atoms with Crippen LogP contribution in [-0.2, 0) is 30.6 Å². The van der Waals surface area contributed by atoms with E-state index in [4.69, 9.17) is 14.4 Å². The fourth-order valence-electron chi connectivity index (χ4n) is 3.01. The minimum absolute atomic E-state index is 0.676. The van der Waals surface area contributed by atoms with Crippen LogP contribution >= 0.6 is 11.3 Å². The monoisotopic (exact) mass is 440 g/mol. The van der Waals surface area contributed by atoms with E-state index in [2.05, 4.69) is 38.0 Å². The largest absolute Gasteiger partial charge is 0.490 e. The van der Waals surface area contributed by atoms with Crippen LogP contribution in [0, 0.1) is 6.92 Å². The van der Waals surface area contributed by atoms with Gasteiger partial charge in [0.2, 0.25) is 11.7 Å². The van der Waals surface area contributed by atoms with Crippen molar-refractivity contribution in [1.29, 1.82) is 0 Å². The molecule has 0 aliphatic carbocycles. The number of carbonyl (C=O) groups is 1. The number of pyridine rings is 1. The molecule has 0 saturated heterocycles. The van der Waals surface area contributed by atoms with E-state index in [-0.39, 0.29) is 0 Å². The average Bonchev–Trinajstić information content (AvgIpc) is 3.38. The number of rotatable bonds is 4. The van der Waals surface area contributed by atoms with Crippen LogP contribution in [0.1, 0.15) is 27.6 Å². The molecule has 0 amide bonds. The van der Waals surface area contributed by atoms with Crippen molar-refractivity contribution in [2.24, 2.45) is 0 Å². The highest BCUT2D eigenvalue weighted by Gasteiger charge is 2.38. The van der Waals surface area contributed by atoms with Crippen molar-refractivity contribution in [3.8, 4) is 11.4 Å². The first-order valence-corrected chi connectivity index (χ1v) is 9.97. The second kappa shape index (κ2) is 9.35. The van der Waals surface area contributed by atoms with Gasteiger partial charge in [-0.1, -0.05) is 11.2 Å². The van der Waals surface area contributed by atoms with E-state index in [1.165, 1.54) is 16.0 Å². The number of alkyl halides is 3. The second-order valence-corrected chi connectivity index (χ2v) is 7.58. The molecule has 11 heteroatoms. The highest BCUT2D eigenvalue weighted by Crippen LogP contribution is 2.28. The molecule has 0 bridgehead atoms. The molecule has 3 aromatic rings. The molecular formula is C19H19F3N4O3S. The lowest BCUT2D eigenvalue weighted by Gasteiger charge is -2.19. The Hall–Kier alpha value is -2.79. The predicted molar refractivity (Wildman–Crippen MR) is 103 cm³/mol. The molecule has 1 aliphatic rings. The topological polar surface area (TPSA) is 101 Å². The van der Waals surface area contributed by atoms with Crippen LogP contribution in [0.25, 0.3) is 11.4 Å². The van der Waals surface area contributed by atoms with Gasteiger partial charge in [-0.15, -0.1) is 11.3 Å². The Balaban J connectivity index is 0.000000318. The van der Waals surface area contributed by atoms with Gasteiger partial charge in [-0.2, -0.15) is 18.2 Å². The van der Waals surface area contributed by atoms with Gasteiger partial charge in [0, 0.05) is 35.3 Å². The summed E-state index contributed by atoms with van der Waals surface area (Å²) < 4.78 is 37.2. The maximum atomic E-state index is 10.6. The lowest BCUT2D eigenvalue weighted by atomic mass is 9.95. The van der Waals surface area contributed by atoms with E-state index in [0.717, 1.165) is 43.6 Å². The average molecular weight is 440 g/mol. The number of thiophene rings is 1. The van der Waals surface area contributed by atoms with Gasteiger partial charge in [-0.25, -0.2) is 4.79 Å². The number of hydrogen-bond acceptors (Lipinski definition) is 7. The number of aliphatic carboxylic acids is 1. The van der Waals surface area contributed by atoms with E-state index >= 15 is 0 Å². The van der Waals surface area contributed by atoms with Crippen molar-refractivity contribution in [2.45, 2.75) is 38.9 Å². The van der Waals surface area contributed by atoms with Crippen molar-refractivity contribution in [3.63, 3.8) is 0 Å². The predicted octanol–water partition coefficient (Wildman–Crippen LogP) is 3.57. The number of carboxylic acid groups (broad SMARTS) is 1. The summed E-state index contributed by atoms with van der Waals surface area (Å²) in [6.45, 7) is 3.85. The maximum absolute atomic E-state index is 10.6. The molecule has 0 spiro atoms. The number of halogens is 3. The molecule has 0 atom stereocenters. The normalized spacial score (nSPS) is 13.3. The zero-order chi connectivity index (χ0) is 21.7. The first-order valence-electron chi connectivity index (χ1n) is 9.09. The molecule has 160 valence electrons. The van der Waals surface area contributed by atoms with E-state index < -0.39 is 12.1 Å². The summed E-state index contributed by atoms with van der Waals surface area (Å²) >= 11 is 1.76. The Morgan fingerprint density at radius 2 is 2.13 bits per heavy atom. The first-order chi connectivity index (χ1) is 14.3. The molecule has 0 unspecified atom stereocenters. The fraction of sp³-hybridized carbons (Fsp3) is 0.368. The summed E-state index contributed by atoms with van der Waals surface area (Å²) in [5.74, 6) is -1.39. The summed E-state index contributed by atoms with van der Waals surface area (Å²) in [6.07, 6.45) is -0.435. The molecule has 0 aromatic carbocycles. The lowest BCUT2D eigenvalue weighted by molar-refractivity contribution is -0.192. The Morgan fingerprint density at radius 1 is 1.37 bits per heavy atom. The van der Waals surface area contributed by atoms with E-state index in [1.54, 1.807) is 11.3 Å². The van der Waals surface area contributed by atoms with Crippen molar-refractivity contribution in [2.75, 3.05) is 6.54 Å². The summed E-state index contributed by atoms with van der Waals surface area (Å²) in [5.41, 5.74) is 4.56. The molecule has 30 heavy (non-hydrogen) atoms. The number of hydrogen-bond donors (Lipinski definition) is 2. The third kappa shape index (κ3) is 5.42. The Labute approximate surface area is 174 Å². The van der Waals surface area contributed by atoms with Crippen molar-refractivity contribution in [1.82, 2.24) is 20.4 Å². The summed E-state index contributed by atoms with van der Waals surface area (Å²) in [6, 6.07) is 4.20. The van der Waals surface area contributed by atoms with Gasteiger partial charge >= 0.3 is 12.1 Å². The van der Waals surface area contributed by atoms with Gasteiger partial charge in [0.15, 0.2) is 0 Å². The van der Waals surface area contributed by atoms with Crippen LogP contribution in [0.3, 0.4) is 0 Å². The number of fused-ring (bicyclic) bond motifs is 1. The molecule has 4 heterocycles. The van der Waals surface area contributed by atoms with Crippen LogP contribution in [-0.4, -0.2) is 38.9 Å². The molecule has 1 aliphatic heterocycles. The smallest absolute Gasteiger partial charge is 0.475 e. The van der Waals surface area contributed by atoms with Gasteiger partial charge in [0.05, 0.1) is 0 Å². The Bertz CT molecular complexity index is 1000. The van der Waals surface area contributed by atoms with Crippen molar-refractivity contribution < 1.29 is 27.6 Å². The van der Waals surface area contributed by atoms with Crippen LogP contribution in [0.4, 0.5) is 13.2 Å². The number of nitrogens with zero attached hydrogens (tertiary/aromatic N) is 3. The summed E-state index contributed by atoms with van der Waals surface area (Å²) in [4.78, 5) is 19.4. The van der Waals surface area contributed by atoms with Crippen LogP contribution in [0.2, 0.25) is 0 Å². The molecule has 7 nitrogen and oxygen atoms in total. The minimum Gasteiger partial charge on any atom is -0.475 e. The number of aromatic nitrogens is 3. The highest BCUT2D eigenvalue weighted by atomic mass is 32.1. The third-order valence-corrected chi connectivity index (χ3v) is 5.37. The quantitative estimate of drug-likeness (QED) is 0.640. The van der Waals surface area contributed by atoms with Gasteiger partial charge < -0.3 is 14.9 Å². The lowest BCUT2D eigenvalue weighted by Crippen LogP contribution is -2.24. The Kier molecular flexibility index (Phi) is 6.83. The van der Waals surface area contributed by atoms with E-state index in [0.29, 0.717) is 11.7 Å². The van der Waals surface area contributed by atoms with Gasteiger partial charge in [0.25, 0.3) is 0 Å². The van der Waals surface area contributed by atoms with E-state index in [1.807, 2.05) is 13.1 Å². The molecular weight excluding hydrogens is 421 g/mol. The molecule has 0 fully saturated rings. The molecule has 2 N–H and O–H groups in total. The summed E-state index contributed by atoms with van der Waals surface area (Å²) in [5, 5.41) is 16.8. The molecule has 0 saturated carbocycles. The van der Waals surface area contributed by atoms with Crippen LogP contribution < -0.4 is 5.32 Å². The standard InChI is InChI=1S/C17H18N4OS.C2HF3O2/c1-11-16(14-6-7-18-9-12(14)10-19-11)17-20-15(22-21-17)5-4-13-3-2-8-23-13;3-2(4,5)1(6)7/h2-3,8,10,18H,4-7,9H2,1H3;(H,6,7). The van der Waals surface area contributed by atoms with Gasteiger partial charge in [0.1, 0.15) is 0 Å². The van der Waals surface area contributed by atoms with E-state index in [9.17, 15) is 13.2 Å². The van der Waals surface area contributed by atoms with Crippen LogP contribution in [0.15, 0.2) is 28.2 Å². The molecule has 0 radical (unpaired) electrons.